The Morgan fingerprint density at radius 2 is 2.22 bits per heavy atom. The predicted molar refractivity (Wildman–Crippen MR) is 71.2 cm³/mol. The summed E-state index contributed by atoms with van der Waals surface area (Å²) in [5, 5.41) is 16.7. The zero-order valence-corrected chi connectivity index (χ0v) is 11.4. The first-order valence-electron chi connectivity index (χ1n) is 7.32. The van der Waals surface area contributed by atoms with Gasteiger partial charge in [0.15, 0.2) is 0 Å². The number of amides is 1. The second kappa shape index (κ2) is 6.02. The smallest absolute Gasteiger partial charge is 0.237 e. The van der Waals surface area contributed by atoms with Crippen LogP contribution < -0.4 is 10.6 Å². The molecule has 1 saturated carbocycles. The van der Waals surface area contributed by atoms with E-state index in [1.807, 2.05) is 0 Å². The van der Waals surface area contributed by atoms with Crippen LogP contribution in [0.15, 0.2) is 0 Å². The molecule has 1 amide bonds. The molecule has 0 radical (unpaired) electrons. The Bertz CT molecular complexity index is 296. The zero-order chi connectivity index (χ0) is 13.0. The molecule has 0 bridgehead atoms. The predicted octanol–water partition coefficient (Wildman–Crippen LogP) is 1.19. The van der Waals surface area contributed by atoms with Crippen molar-refractivity contribution in [3.63, 3.8) is 0 Å². The lowest BCUT2D eigenvalue weighted by molar-refractivity contribution is -0.123. The molecule has 4 heteroatoms. The standard InChI is InChI=1S/C14H26N2O2/c1-11-5-4-7-14(18,9-11)10-16-12-6-2-3-8-15-13(12)17/h11-12,16,18H,2-10H2,1H3,(H,15,17). The summed E-state index contributed by atoms with van der Waals surface area (Å²) in [6, 6.07) is -0.117. The Morgan fingerprint density at radius 3 is 3.00 bits per heavy atom. The van der Waals surface area contributed by atoms with Crippen molar-refractivity contribution in [2.75, 3.05) is 13.1 Å². The van der Waals surface area contributed by atoms with Crippen LogP contribution in [0.5, 0.6) is 0 Å². The third-order valence-electron chi connectivity index (χ3n) is 4.28. The van der Waals surface area contributed by atoms with Gasteiger partial charge < -0.3 is 15.7 Å². The van der Waals surface area contributed by atoms with Crippen LogP contribution in [0.3, 0.4) is 0 Å². The Balaban J connectivity index is 1.83. The van der Waals surface area contributed by atoms with Crippen molar-refractivity contribution in [1.82, 2.24) is 10.6 Å². The average Bonchev–Trinajstić information content (AvgIpc) is 2.51. The quantitative estimate of drug-likeness (QED) is 0.709. The Hall–Kier alpha value is -0.610. The average molecular weight is 254 g/mol. The number of nitrogens with one attached hydrogen (secondary N) is 2. The van der Waals surface area contributed by atoms with E-state index in [0.29, 0.717) is 12.5 Å². The molecule has 3 atom stereocenters. The highest BCUT2D eigenvalue weighted by Gasteiger charge is 2.33. The minimum absolute atomic E-state index is 0.0972. The van der Waals surface area contributed by atoms with E-state index in [1.165, 1.54) is 6.42 Å². The monoisotopic (exact) mass is 254 g/mol. The molecule has 0 aromatic rings. The highest BCUT2D eigenvalue weighted by molar-refractivity contribution is 5.81. The molecule has 1 saturated heterocycles. The summed E-state index contributed by atoms with van der Waals surface area (Å²) in [5.74, 6) is 0.688. The Kier molecular flexibility index (Phi) is 4.62. The summed E-state index contributed by atoms with van der Waals surface area (Å²) in [7, 11) is 0. The van der Waals surface area contributed by atoms with Gasteiger partial charge in [0.05, 0.1) is 11.6 Å². The third-order valence-corrected chi connectivity index (χ3v) is 4.28. The second-order valence-electron chi connectivity index (χ2n) is 6.15. The summed E-state index contributed by atoms with van der Waals surface area (Å²) >= 11 is 0. The molecule has 4 nitrogen and oxygen atoms in total. The van der Waals surface area contributed by atoms with Crippen molar-refractivity contribution in [2.24, 2.45) is 5.92 Å². The molecular weight excluding hydrogens is 228 g/mol. The molecule has 1 heterocycles. The summed E-state index contributed by atoms with van der Waals surface area (Å²) < 4.78 is 0. The first kappa shape index (κ1) is 13.8. The van der Waals surface area contributed by atoms with Crippen molar-refractivity contribution in [3.05, 3.63) is 0 Å². The number of hydrogen-bond donors (Lipinski definition) is 3. The van der Waals surface area contributed by atoms with Gasteiger partial charge in [-0.2, -0.15) is 0 Å². The van der Waals surface area contributed by atoms with E-state index in [0.717, 1.165) is 45.1 Å². The van der Waals surface area contributed by atoms with Gasteiger partial charge in [0, 0.05) is 13.1 Å². The molecule has 2 fully saturated rings. The van der Waals surface area contributed by atoms with Gasteiger partial charge in [-0.25, -0.2) is 0 Å². The SMILES string of the molecule is CC1CCCC(O)(CNC2CCCCNC2=O)C1. The first-order valence-corrected chi connectivity index (χ1v) is 7.32. The highest BCUT2D eigenvalue weighted by atomic mass is 16.3. The van der Waals surface area contributed by atoms with Gasteiger partial charge in [-0.1, -0.05) is 19.8 Å². The van der Waals surface area contributed by atoms with Crippen LogP contribution in [0, 0.1) is 5.92 Å². The van der Waals surface area contributed by atoms with Crippen molar-refractivity contribution >= 4 is 5.91 Å². The summed E-state index contributed by atoms with van der Waals surface area (Å²) in [4.78, 5) is 11.8. The molecule has 2 rings (SSSR count). The maximum atomic E-state index is 11.8. The van der Waals surface area contributed by atoms with Crippen LogP contribution in [-0.2, 0) is 4.79 Å². The summed E-state index contributed by atoms with van der Waals surface area (Å²) in [6.07, 6.45) is 7.05. The molecule has 104 valence electrons. The number of carbonyl (C=O) groups excluding carboxylic acids is 1. The first-order chi connectivity index (χ1) is 8.59. The van der Waals surface area contributed by atoms with Crippen LogP contribution in [0.25, 0.3) is 0 Å². The molecule has 0 aromatic carbocycles. The van der Waals surface area contributed by atoms with E-state index < -0.39 is 5.60 Å². The highest BCUT2D eigenvalue weighted by Crippen LogP contribution is 2.31. The lowest BCUT2D eigenvalue weighted by Gasteiger charge is -2.36. The molecule has 0 aromatic heterocycles. The van der Waals surface area contributed by atoms with Gasteiger partial charge in [-0.3, -0.25) is 4.79 Å². The van der Waals surface area contributed by atoms with E-state index in [1.54, 1.807) is 0 Å². The fourth-order valence-corrected chi connectivity index (χ4v) is 3.24. The van der Waals surface area contributed by atoms with Crippen molar-refractivity contribution in [3.8, 4) is 0 Å². The fraction of sp³-hybridized carbons (Fsp3) is 0.929. The molecular formula is C14H26N2O2. The van der Waals surface area contributed by atoms with Crippen LogP contribution in [-0.4, -0.2) is 35.7 Å². The van der Waals surface area contributed by atoms with Gasteiger partial charge in [-0.05, 0) is 38.0 Å². The fourth-order valence-electron chi connectivity index (χ4n) is 3.24. The topological polar surface area (TPSA) is 61.4 Å². The van der Waals surface area contributed by atoms with E-state index in [4.69, 9.17) is 0 Å². The molecule has 3 unspecified atom stereocenters. The largest absolute Gasteiger partial charge is 0.389 e. The number of rotatable bonds is 3. The number of aliphatic hydroxyl groups is 1. The van der Waals surface area contributed by atoms with Crippen LogP contribution in [0.2, 0.25) is 0 Å². The molecule has 2 aliphatic rings. The third kappa shape index (κ3) is 3.69. The van der Waals surface area contributed by atoms with E-state index >= 15 is 0 Å². The molecule has 3 N–H and O–H groups in total. The summed E-state index contributed by atoms with van der Waals surface area (Å²) in [6.45, 7) is 3.54. The maximum absolute atomic E-state index is 11.8. The second-order valence-corrected chi connectivity index (χ2v) is 6.15. The van der Waals surface area contributed by atoms with E-state index in [2.05, 4.69) is 17.6 Å². The minimum Gasteiger partial charge on any atom is -0.389 e. The van der Waals surface area contributed by atoms with Crippen LogP contribution >= 0.6 is 0 Å². The van der Waals surface area contributed by atoms with Crippen molar-refractivity contribution in [1.29, 1.82) is 0 Å². The minimum atomic E-state index is -0.607. The lowest BCUT2D eigenvalue weighted by Crippen LogP contribution is -2.51. The van der Waals surface area contributed by atoms with Gasteiger partial charge in [0.2, 0.25) is 5.91 Å². The molecule has 1 aliphatic heterocycles. The van der Waals surface area contributed by atoms with Gasteiger partial charge >= 0.3 is 0 Å². The van der Waals surface area contributed by atoms with Crippen molar-refractivity contribution in [2.45, 2.75) is 63.5 Å². The summed E-state index contributed by atoms with van der Waals surface area (Å²) in [5.41, 5.74) is -0.607. The number of hydrogen-bond acceptors (Lipinski definition) is 3. The molecule has 18 heavy (non-hydrogen) atoms. The maximum Gasteiger partial charge on any atom is 0.237 e. The number of carbonyl (C=O) groups is 1. The lowest BCUT2D eigenvalue weighted by atomic mass is 9.79. The normalized spacial score (nSPS) is 38.0. The molecule has 1 aliphatic carbocycles. The Labute approximate surface area is 110 Å². The van der Waals surface area contributed by atoms with E-state index in [9.17, 15) is 9.90 Å². The van der Waals surface area contributed by atoms with Crippen LogP contribution in [0.4, 0.5) is 0 Å². The van der Waals surface area contributed by atoms with Crippen molar-refractivity contribution < 1.29 is 9.90 Å². The molecule has 0 spiro atoms. The van der Waals surface area contributed by atoms with E-state index in [-0.39, 0.29) is 11.9 Å². The van der Waals surface area contributed by atoms with Gasteiger partial charge in [0.25, 0.3) is 0 Å². The zero-order valence-electron chi connectivity index (χ0n) is 11.4. The Morgan fingerprint density at radius 1 is 1.39 bits per heavy atom. The van der Waals surface area contributed by atoms with Crippen LogP contribution in [0.1, 0.15) is 51.9 Å². The van der Waals surface area contributed by atoms with Gasteiger partial charge in [0.1, 0.15) is 0 Å². The van der Waals surface area contributed by atoms with Gasteiger partial charge in [-0.15, -0.1) is 0 Å².